The predicted molar refractivity (Wildman–Crippen MR) is 81.0 cm³/mol. The molecule has 1 fully saturated rings. The number of nitrogens with one attached hydrogen (secondary N) is 1. The number of hydrogen-bond donors (Lipinski definition) is 1. The van der Waals surface area contributed by atoms with Crippen LogP contribution in [0.2, 0.25) is 4.34 Å². The summed E-state index contributed by atoms with van der Waals surface area (Å²) in [4.78, 5) is 13.0. The minimum absolute atomic E-state index is 0.0899. The van der Waals surface area contributed by atoms with E-state index in [0.717, 1.165) is 17.7 Å². The van der Waals surface area contributed by atoms with E-state index in [2.05, 4.69) is 5.32 Å². The quantitative estimate of drug-likeness (QED) is 0.906. The summed E-state index contributed by atoms with van der Waals surface area (Å²) in [5, 5.41) is 2.53. The molecule has 0 aliphatic heterocycles. The fourth-order valence-corrected chi connectivity index (χ4v) is 4.60. The number of amides is 1. The predicted octanol–water partition coefficient (Wildman–Crippen LogP) is 3.10. The van der Waals surface area contributed by atoms with Crippen LogP contribution in [0, 0.1) is 0 Å². The molecule has 1 saturated carbocycles. The maximum Gasteiger partial charge on any atom is 0.235 e. The molecule has 0 bridgehead atoms. The minimum Gasteiger partial charge on any atom is -0.352 e. The molecule has 1 aromatic heterocycles. The number of carbonyl (C=O) groups excluding carboxylic acids is 1. The van der Waals surface area contributed by atoms with Gasteiger partial charge in [-0.2, -0.15) is 0 Å². The van der Waals surface area contributed by atoms with E-state index in [0.29, 0.717) is 10.1 Å². The lowest BCUT2D eigenvalue weighted by Gasteiger charge is -2.16. The van der Waals surface area contributed by atoms with Crippen LogP contribution in [0.15, 0.2) is 12.1 Å². The van der Waals surface area contributed by atoms with Gasteiger partial charge in [0.1, 0.15) is 5.25 Å². The molecule has 19 heavy (non-hydrogen) atoms. The van der Waals surface area contributed by atoms with E-state index >= 15 is 0 Å². The Hall–Kier alpha value is -0.390. The Kier molecular flexibility index (Phi) is 5.42. The van der Waals surface area contributed by atoms with Crippen LogP contribution in [-0.4, -0.2) is 21.4 Å². The summed E-state index contributed by atoms with van der Waals surface area (Å²) in [6.45, 7) is 1.73. The second-order valence-electron chi connectivity index (χ2n) is 4.86. The highest BCUT2D eigenvalue weighted by Crippen LogP contribution is 2.23. The van der Waals surface area contributed by atoms with Crippen molar-refractivity contribution in [3.63, 3.8) is 0 Å². The molecule has 0 spiro atoms. The molecule has 2 atom stereocenters. The van der Waals surface area contributed by atoms with Crippen LogP contribution in [0.3, 0.4) is 0 Å². The third-order valence-corrected chi connectivity index (χ3v) is 6.39. The Morgan fingerprint density at radius 2 is 2.21 bits per heavy atom. The van der Waals surface area contributed by atoms with Crippen LogP contribution in [0.4, 0.5) is 0 Å². The summed E-state index contributed by atoms with van der Waals surface area (Å²) in [6, 6.07) is 3.94. The third kappa shape index (κ3) is 4.29. The van der Waals surface area contributed by atoms with Crippen molar-refractivity contribution < 1.29 is 9.00 Å². The Bertz CT molecular complexity index is 469. The van der Waals surface area contributed by atoms with Crippen molar-refractivity contribution >= 4 is 39.6 Å². The van der Waals surface area contributed by atoms with Crippen molar-refractivity contribution in [2.45, 2.75) is 49.7 Å². The van der Waals surface area contributed by atoms with Gasteiger partial charge in [-0.05, 0) is 31.9 Å². The first-order valence-electron chi connectivity index (χ1n) is 6.48. The minimum atomic E-state index is -1.19. The van der Waals surface area contributed by atoms with Crippen LogP contribution in [0.5, 0.6) is 0 Å². The van der Waals surface area contributed by atoms with E-state index in [9.17, 15) is 9.00 Å². The average molecular weight is 320 g/mol. The molecule has 1 heterocycles. The fraction of sp³-hybridized carbons (Fsp3) is 0.615. The van der Waals surface area contributed by atoms with Gasteiger partial charge in [0.05, 0.1) is 10.1 Å². The zero-order chi connectivity index (χ0) is 13.8. The molecule has 0 aromatic carbocycles. The van der Waals surface area contributed by atoms with Gasteiger partial charge in [-0.25, -0.2) is 0 Å². The van der Waals surface area contributed by atoms with Gasteiger partial charge in [-0.1, -0.05) is 24.4 Å². The second-order valence-corrected chi connectivity index (χ2v) is 8.42. The smallest absolute Gasteiger partial charge is 0.235 e. The Balaban J connectivity index is 1.85. The van der Waals surface area contributed by atoms with Crippen LogP contribution in [0.1, 0.15) is 37.5 Å². The first-order chi connectivity index (χ1) is 9.06. The lowest BCUT2D eigenvalue weighted by Crippen LogP contribution is -2.40. The van der Waals surface area contributed by atoms with Gasteiger partial charge in [0, 0.05) is 21.7 Å². The van der Waals surface area contributed by atoms with Gasteiger partial charge in [0.2, 0.25) is 5.91 Å². The van der Waals surface area contributed by atoms with Gasteiger partial charge in [-0.15, -0.1) is 11.3 Å². The first-order valence-corrected chi connectivity index (χ1v) is 9.05. The standard InChI is InChI=1S/C13H18ClNO2S2/c1-9(13(16)15-10-4-2-3-5-10)19(17)8-11-6-7-12(14)18-11/h6-7,9-10H,2-5,8H2,1H3,(H,15,16). The van der Waals surface area contributed by atoms with Gasteiger partial charge >= 0.3 is 0 Å². The molecule has 1 aromatic rings. The molecule has 3 nitrogen and oxygen atoms in total. The third-order valence-electron chi connectivity index (χ3n) is 3.38. The molecule has 0 saturated heterocycles. The van der Waals surface area contributed by atoms with Crippen LogP contribution < -0.4 is 5.32 Å². The summed E-state index contributed by atoms with van der Waals surface area (Å²) >= 11 is 7.26. The second kappa shape index (κ2) is 6.86. The fourth-order valence-electron chi connectivity index (χ4n) is 2.20. The van der Waals surface area contributed by atoms with E-state index in [-0.39, 0.29) is 11.9 Å². The van der Waals surface area contributed by atoms with Crippen molar-refractivity contribution in [2.24, 2.45) is 0 Å². The molecule has 6 heteroatoms. The highest BCUT2D eigenvalue weighted by molar-refractivity contribution is 7.85. The molecule has 2 unspecified atom stereocenters. The van der Waals surface area contributed by atoms with Crippen LogP contribution in [0.25, 0.3) is 0 Å². The van der Waals surface area contributed by atoms with E-state index in [1.165, 1.54) is 24.2 Å². The molecule has 106 valence electrons. The van der Waals surface area contributed by atoms with Crippen molar-refractivity contribution in [1.29, 1.82) is 0 Å². The van der Waals surface area contributed by atoms with Gasteiger partial charge in [0.15, 0.2) is 0 Å². The average Bonchev–Trinajstić information content (AvgIpc) is 3.00. The SMILES string of the molecule is CC(C(=O)NC1CCCC1)S(=O)Cc1ccc(Cl)s1. The molecular weight excluding hydrogens is 302 g/mol. The summed E-state index contributed by atoms with van der Waals surface area (Å²) in [5.41, 5.74) is 0. The normalized spacial score (nSPS) is 19.3. The maximum atomic E-state index is 12.2. The Morgan fingerprint density at radius 3 is 2.79 bits per heavy atom. The molecule has 1 aliphatic carbocycles. The largest absolute Gasteiger partial charge is 0.352 e. The number of carbonyl (C=O) groups is 1. The van der Waals surface area contributed by atoms with Gasteiger partial charge in [0.25, 0.3) is 0 Å². The Labute approximate surface area is 125 Å². The topological polar surface area (TPSA) is 46.2 Å². The van der Waals surface area contributed by atoms with Crippen molar-refractivity contribution in [2.75, 3.05) is 0 Å². The van der Waals surface area contributed by atoms with Crippen LogP contribution >= 0.6 is 22.9 Å². The molecular formula is C13H18ClNO2S2. The molecule has 1 aliphatic rings. The summed E-state index contributed by atoms with van der Waals surface area (Å²) in [5.74, 6) is 0.310. The number of halogens is 1. The van der Waals surface area contributed by atoms with Crippen LogP contribution in [-0.2, 0) is 21.3 Å². The summed E-state index contributed by atoms with van der Waals surface area (Å²) in [7, 11) is -1.19. The lowest BCUT2D eigenvalue weighted by atomic mass is 10.2. The van der Waals surface area contributed by atoms with E-state index in [1.807, 2.05) is 6.07 Å². The zero-order valence-electron chi connectivity index (χ0n) is 10.9. The monoisotopic (exact) mass is 319 g/mol. The lowest BCUT2D eigenvalue weighted by molar-refractivity contribution is -0.121. The summed E-state index contributed by atoms with van der Waals surface area (Å²) < 4.78 is 12.8. The molecule has 1 amide bonds. The molecule has 2 rings (SSSR count). The van der Waals surface area contributed by atoms with Crippen molar-refractivity contribution in [3.05, 3.63) is 21.3 Å². The van der Waals surface area contributed by atoms with Crippen molar-refractivity contribution in [1.82, 2.24) is 5.32 Å². The molecule has 0 radical (unpaired) electrons. The van der Waals surface area contributed by atoms with E-state index in [1.54, 1.807) is 13.0 Å². The summed E-state index contributed by atoms with van der Waals surface area (Å²) in [6.07, 6.45) is 4.45. The molecule has 1 N–H and O–H groups in total. The highest BCUT2D eigenvalue weighted by atomic mass is 35.5. The Morgan fingerprint density at radius 1 is 1.53 bits per heavy atom. The maximum absolute atomic E-state index is 12.2. The first kappa shape index (κ1) is 15.0. The van der Waals surface area contributed by atoms with Gasteiger partial charge < -0.3 is 5.32 Å². The number of hydrogen-bond acceptors (Lipinski definition) is 3. The van der Waals surface area contributed by atoms with E-state index < -0.39 is 16.0 Å². The van der Waals surface area contributed by atoms with Crippen molar-refractivity contribution in [3.8, 4) is 0 Å². The highest BCUT2D eigenvalue weighted by Gasteiger charge is 2.24. The number of rotatable bonds is 5. The van der Waals surface area contributed by atoms with Gasteiger partial charge in [-0.3, -0.25) is 9.00 Å². The number of thiophene rings is 1. The zero-order valence-corrected chi connectivity index (χ0v) is 13.2. The van der Waals surface area contributed by atoms with E-state index in [4.69, 9.17) is 11.6 Å².